The highest BCUT2D eigenvalue weighted by Gasteiger charge is 2.35. The lowest BCUT2D eigenvalue weighted by atomic mass is 9.92. The van der Waals surface area contributed by atoms with Gasteiger partial charge in [-0.3, -0.25) is 0 Å². The molecule has 0 N–H and O–H groups in total. The number of aromatic nitrogens is 2. The second-order valence-corrected chi connectivity index (χ2v) is 11.7. The molecule has 0 spiro atoms. The lowest BCUT2D eigenvalue weighted by molar-refractivity contribution is 0.590. The summed E-state index contributed by atoms with van der Waals surface area (Å²) in [4.78, 5) is 4.35. The van der Waals surface area contributed by atoms with Gasteiger partial charge in [-0.25, -0.2) is 4.98 Å². The standard InChI is InChI=1S/C21H24N2Si.C14H13B/c1-2-3-10-17-24-21(23-16-15-22-18-23,19-11-6-4-7-12-19)20-13-8-5-9-14-20;15-11-14(12-7-3-1-4-8-12)13-9-5-2-6-10-13/h2-9,11-16,18H,10,17,24H2,1H3;1-11H,15H2. The maximum Gasteiger partial charge on any atom is 0.130 e. The summed E-state index contributed by atoms with van der Waals surface area (Å²) in [5.74, 6) is 2.16. The van der Waals surface area contributed by atoms with E-state index in [-0.39, 0.29) is 5.16 Å². The largest absolute Gasteiger partial charge is 0.327 e. The summed E-state index contributed by atoms with van der Waals surface area (Å²) in [7, 11) is 1.58. The Morgan fingerprint density at radius 2 is 1.26 bits per heavy atom. The van der Waals surface area contributed by atoms with Crippen LogP contribution in [0.2, 0.25) is 6.04 Å². The van der Waals surface area contributed by atoms with Gasteiger partial charge < -0.3 is 4.57 Å². The molecule has 0 fully saturated rings. The van der Waals surface area contributed by atoms with Gasteiger partial charge in [0.1, 0.15) is 7.85 Å². The van der Waals surface area contributed by atoms with Crippen molar-refractivity contribution in [3.63, 3.8) is 0 Å². The van der Waals surface area contributed by atoms with E-state index in [1.165, 1.54) is 33.9 Å². The molecule has 0 atom stereocenters. The fraction of sp³-hybridized carbons (Fsp3) is 0.114. The number of benzene rings is 4. The summed E-state index contributed by atoms with van der Waals surface area (Å²) in [6, 6.07) is 44.0. The molecule has 0 aliphatic carbocycles. The van der Waals surface area contributed by atoms with E-state index in [2.05, 4.69) is 158 Å². The first-order valence-electron chi connectivity index (χ1n) is 13.8. The number of imidazole rings is 1. The minimum atomic E-state index is -0.496. The van der Waals surface area contributed by atoms with E-state index in [0.29, 0.717) is 0 Å². The van der Waals surface area contributed by atoms with E-state index in [0.717, 1.165) is 6.42 Å². The molecular weight excluding hydrogens is 487 g/mol. The maximum absolute atomic E-state index is 4.35. The number of hydrogen-bond acceptors (Lipinski definition) is 1. The SMILES string of the molecule is BC=C(c1ccccc1)c1ccccc1.CC=CCC[SiH2]C(c1ccccc1)(c1ccccc1)n1ccnc1. The lowest BCUT2D eigenvalue weighted by Crippen LogP contribution is -2.41. The van der Waals surface area contributed by atoms with E-state index < -0.39 is 9.52 Å². The molecule has 0 bridgehead atoms. The van der Waals surface area contributed by atoms with E-state index in [4.69, 9.17) is 0 Å². The Kier molecular flexibility index (Phi) is 10.5. The zero-order valence-electron chi connectivity index (χ0n) is 23.0. The number of allylic oxidation sites excluding steroid dienone is 2. The van der Waals surface area contributed by atoms with Gasteiger partial charge in [0, 0.05) is 12.4 Å². The summed E-state index contributed by atoms with van der Waals surface area (Å²) in [5, 5.41) is -0.0827. The van der Waals surface area contributed by atoms with Gasteiger partial charge in [0.2, 0.25) is 0 Å². The zero-order valence-corrected chi connectivity index (χ0v) is 24.4. The topological polar surface area (TPSA) is 17.8 Å². The number of rotatable bonds is 9. The van der Waals surface area contributed by atoms with Crippen molar-refractivity contribution in [2.24, 2.45) is 0 Å². The third-order valence-electron chi connectivity index (χ3n) is 7.05. The fourth-order valence-electron chi connectivity index (χ4n) is 5.17. The van der Waals surface area contributed by atoms with Crippen molar-refractivity contribution in [1.29, 1.82) is 0 Å². The summed E-state index contributed by atoms with van der Waals surface area (Å²) in [6.07, 6.45) is 11.6. The van der Waals surface area contributed by atoms with E-state index in [1.807, 2.05) is 24.7 Å². The first-order valence-corrected chi connectivity index (χ1v) is 15.5. The molecule has 4 heteroatoms. The van der Waals surface area contributed by atoms with Crippen molar-refractivity contribution < 1.29 is 0 Å². The summed E-state index contributed by atoms with van der Waals surface area (Å²) < 4.78 is 2.32. The minimum Gasteiger partial charge on any atom is -0.327 e. The van der Waals surface area contributed by atoms with Crippen molar-refractivity contribution in [2.75, 3.05) is 0 Å². The molecule has 39 heavy (non-hydrogen) atoms. The molecule has 2 nitrogen and oxygen atoms in total. The molecule has 0 radical (unpaired) electrons. The van der Waals surface area contributed by atoms with Gasteiger partial charge in [0.25, 0.3) is 0 Å². The molecule has 1 heterocycles. The van der Waals surface area contributed by atoms with E-state index >= 15 is 0 Å². The summed E-state index contributed by atoms with van der Waals surface area (Å²) >= 11 is 0. The molecule has 0 aliphatic rings. The fourth-order valence-corrected chi connectivity index (χ4v) is 7.62. The van der Waals surface area contributed by atoms with Crippen LogP contribution in [-0.2, 0) is 5.16 Å². The van der Waals surface area contributed by atoms with Crippen molar-refractivity contribution in [3.05, 3.63) is 180 Å². The van der Waals surface area contributed by atoms with E-state index in [1.54, 1.807) is 0 Å². The Morgan fingerprint density at radius 1 is 0.769 bits per heavy atom. The molecule has 0 amide bonds. The highest BCUT2D eigenvalue weighted by molar-refractivity contribution is 6.41. The Hall–Kier alpha value is -4.15. The predicted octanol–water partition coefficient (Wildman–Crippen LogP) is 6.89. The highest BCUT2D eigenvalue weighted by atomic mass is 28.2. The first kappa shape index (κ1) is 27.9. The first-order chi connectivity index (χ1) is 19.3. The molecule has 5 aromatic rings. The predicted molar refractivity (Wildman–Crippen MR) is 173 cm³/mol. The highest BCUT2D eigenvalue weighted by Crippen LogP contribution is 2.34. The zero-order chi connectivity index (χ0) is 27.2. The van der Waals surface area contributed by atoms with Crippen LogP contribution in [0.5, 0.6) is 0 Å². The van der Waals surface area contributed by atoms with Crippen LogP contribution in [0.1, 0.15) is 35.6 Å². The van der Waals surface area contributed by atoms with Crippen molar-refractivity contribution in [3.8, 4) is 0 Å². The number of nitrogens with zero attached hydrogens (tertiary/aromatic N) is 2. The molecule has 0 saturated heterocycles. The average Bonchev–Trinajstić information content (AvgIpc) is 3.56. The maximum atomic E-state index is 4.35. The van der Waals surface area contributed by atoms with Gasteiger partial charge in [-0.05, 0) is 41.2 Å². The van der Waals surface area contributed by atoms with Gasteiger partial charge in [-0.1, -0.05) is 140 Å². The third-order valence-corrected chi connectivity index (χ3v) is 9.72. The molecule has 1 aromatic heterocycles. The molecule has 0 unspecified atom stereocenters. The van der Waals surface area contributed by atoms with Crippen molar-refractivity contribution in [1.82, 2.24) is 9.55 Å². The molecular formula is C35H37BN2Si. The average molecular weight is 525 g/mol. The van der Waals surface area contributed by atoms with Crippen molar-refractivity contribution in [2.45, 2.75) is 24.6 Å². The quantitative estimate of drug-likeness (QED) is 0.117. The summed E-state index contributed by atoms with van der Waals surface area (Å²) in [6.45, 7) is 2.10. The van der Waals surface area contributed by atoms with Gasteiger partial charge in [-0.15, -0.1) is 5.98 Å². The molecule has 0 saturated carbocycles. The number of hydrogen-bond donors (Lipinski definition) is 0. The Bertz CT molecular complexity index is 1330. The molecule has 194 valence electrons. The summed E-state index contributed by atoms with van der Waals surface area (Å²) in [5.41, 5.74) is 6.55. The monoisotopic (exact) mass is 524 g/mol. The van der Waals surface area contributed by atoms with Gasteiger partial charge in [0.15, 0.2) is 0 Å². The Morgan fingerprint density at radius 3 is 1.67 bits per heavy atom. The van der Waals surface area contributed by atoms with Gasteiger partial charge in [0.05, 0.1) is 21.0 Å². The second-order valence-electron chi connectivity index (χ2n) is 9.46. The lowest BCUT2D eigenvalue weighted by Gasteiger charge is -2.36. The smallest absolute Gasteiger partial charge is 0.130 e. The molecule has 0 aliphatic heterocycles. The van der Waals surface area contributed by atoms with Crippen LogP contribution >= 0.6 is 0 Å². The van der Waals surface area contributed by atoms with Crippen LogP contribution in [0, 0.1) is 0 Å². The second kappa shape index (κ2) is 14.7. The van der Waals surface area contributed by atoms with Crippen LogP contribution in [0.3, 0.4) is 0 Å². The van der Waals surface area contributed by atoms with E-state index in [9.17, 15) is 0 Å². The minimum absolute atomic E-state index is 0.0827. The Labute approximate surface area is 237 Å². The van der Waals surface area contributed by atoms with Crippen molar-refractivity contribution >= 4 is 22.9 Å². The van der Waals surface area contributed by atoms with Crippen LogP contribution in [0.15, 0.2) is 158 Å². The van der Waals surface area contributed by atoms with Crippen LogP contribution in [0.25, 0.3) is 5.57 Å². The molecule has 5 rings (SSSR count). The normalized spacial score (nSPS) is 11.3. The van der Waals surface area contributed by atoms with Crippen LogP contribution < -0.4 is 0 Å². The Balaban J connectivity index is 0.000000202. The molecule has 4 aromatic carbocycles. The van der Waals surface area contributed by atoms with Crippen LogP contribution in [-0.4, -0.2) is 26.9 Å². The van der Waals surface area contributed by atoms with Gasteiger partial charge in [-0.2, -0.15) is 0 Å². The van der Waals surface area contributed by atoms with Crippen LogP contribution in [0.4, 0.5) is 0 Å². The van der Waals surface area contributed by atoms with Gasteiger partial charge >= 0.3 is 0 Å². The third kappa shape index (κ3) is 7.04.